The first kappa shape index (κ1) is 16.8. The Morgan fingerprint density at radius 1 is 1.00 bits per heavy atom. The van der Waals surface area contributed by atoms with Crippen LogP contribution in [0.15, 0.2) is 18.2 Å². The number of ether oxygens (including phenoxy) is 3. The molecule has 6 nitrogen and oxygen atoms in total. The lowest BCUT2D eigenvalue weighted by Gasteiger charge is -2.20. The zero-order valence-corrected chi connectivity index (χ0v) is 12.9. The van der Waals surface area contributed by atoms with Gasteiger partial charge in [0, 0.05) is 11.6 Å². The lowest BCUT2D eigenvalue weighted by Crippen LogP contribution is -2.45. The lowest BCUT2D eigenvalue weighted by molar-refractivity contribution is -0.144. The highest BCUT2D eigenvalue weighted by molar-refractivity contribution is 5.97. The van der Waals surface area contributed by atoms with Gasteiger partial charge >= 0.3 is 5.97 Å². The minimum absolute atomic E-state index is 0.0890. The van der Waals surface area contributed by atoms with Crippen molar-refractivity contribution < 1.29 is 23.8 Å². The smallest absolute Gasteiger partial charge is 0.328 e. The number of hydrogen-bond acceptors (Lipinski definition) is 5. The summed E-state index contributed by atoms with van der Waals surface area (Å²) in [6.45, 7) is 3.65. The van der Waals surface area contributed by atoms with Crippen molar-refractivity contribution in [2.45, 2.75) is 19.9 Å². The second kappa shape index (κ2) is 7.52. The number of carbonyl (C=O) groups excluding carboxylic acids is 2. The second-order valence-corrected chi connectivity index (χ2v) is 4.82. The molecule has 6 heteroatoms. The highest BCUT2D eigenvalue weighted by Gasteiger charge is 2.25. The number of carbonyl (C=O) groups is 2. The van der Waals surface area contributed by atoms with Crippen molar-refractivity contribution in [3.05, 3.63) is 23.8 Å². The minimum atomic E-state index is -0.709. The Bertz CT molecular complexity index is 491. The molecule has 116 valence electrons. The molecule has 1 N–H and O–H groups in total. The maximum absolute atomic E-state index is 12.3. The molecule has 1 atom stereocenters. The predicted molar refractivity (Wildman–Crippen MR) is 77.7 cm³/mol. The SMILES string of the molecule is COC(=O)[C@H](NC(=O)c1cc(OC)cc(OC)c1)C(C)C. The second-order valence-electron chi connectivity index (χ2n) is 4.82. The Morgan fingerprint density at radius 3 is 1.90 bits per heavy atom. The van der Waals surface area contributed by atoms with E-state index >= 15 is 0 Å². The summed E-state index contributed by atoms with van der Waals surface area (Å²) in [5.41, 5.74) is 0.348. The van der Waals surface area contributed by atoms with Gasteiger partial charge < -0.3 is 19.5 Å². The van der Waals surface area contributed by atoms with Crippen LogP contribution in [-0.4, -0.2) is 39.2 Å². The van der Waals surface area contributed by atoms with Crippen molar-refractivity contribution in [1.29, 1.82) is 0 Å². The Hall–Kier alpha value is -2.24. The molecule has 0 unspecified atom stereocenters. The number of esters is 1. The first-order valence-corrected chi connectivity index (χ1v) is 6.54. The fourth-order valence-electron chi connectivity index (χ4n) is 1.79. The molecule has 0 bridgehead atoms. The van der Waals surface area contributed by atoms with E-state index in [-0.39, 0.29) is 5.92 Å². The van der Waals surface area contributed by atoms with Crippen LogP contribution in [0.1, 0.15) is 24.2 Å². The third kappa shape index (κ3) is 4.37. The first-order valence-electron chi connectivity index (χ1n) is 6.54. The van der Waals surface area contributed by atoms with Gasteiger partial charge in [-0.05, 0) is 18.1 Å². The highest BCUT2D eigenvalue weighted by atomic mass is 16.5. The monoisotopic (exact) mass is 295 g/mol. The molecule has 0 radical (unpaired) electrons. The molecular formula is C15H21NO5. The third-order valence-corrected chi connectivity index (χ3v) is 3.02. The van der Waals surface area contributed by atoms with Crippen molar-refractivity contribution in [3.63, 3.8) is 0 Å². The van der Waals surface area contributed by atoms with Gasteiger partial charge in [0.05, 0.1) is 21.3 Å². The largest absolute Gasteiger partial charge is 0.497 e. The molecule has 1 aromatic rings. The summed E-state index contributed by atoms with van der Waals surface area (Å²) < 4.78 is 14.9. The molecule has 0 heterocycles. The number of amides is 1. The molecule has 0 aliphatic carbocycles. The molecule has 1 rings (SSSR count). The molecule has 1 aromatic carbocycles. The van der Waals surface area contributed by atoms with Crippen LogP contribution in [0.25, 0.3) is 0 Å². The Labute approximate surface area is 124 Å². The average Bonchev–Trinajstić information content (AvgIpc) is 2.50. The normalized spacial score (nSPS) is 11.7. The number of hydrogen-bond donors (Lipinski definition) is 1. The Morgan fingerprint density at radius 2 is 1.52 bits per heavy atom. The van der Waals surface area contributed by atoms with Crippen LogP contribution >= 0.6 is 0 Å². The van der Waals surface area contributed by atoms with E-state index in [1.807, 2.05) is 13.8 Å². The first-order chi connectivity index (χ1) is 9.92. The van der Waals surface area contributed by atoms with Crippen molar-refractivity contribution in [1.82, 2.24) is 5.32 Å². The van der Waals surface area contributed by atoms with E-state index in [1.54, 1.807) is 18.2 Å². The maximum atomic E-state index is 12.3. The van der Waals surface area contributed by atoms with E-state index in [0.29, 0.717) is 17.1 Å². The summed E-state index contributed by atoms with van der Waals surface area (Å²) in [4.78, 5) is 24.0. The fourth-order valence-corrected chi connectivity index (χ4v) is 1.79. The van der Waals surface area contributed by atoms with E-state index in [9.17, 15) is 9.59 Å². The molecular weight excluding hydrogens is 274 g/mol. The van der Waals surface area contributed by atoms with Crippen LogP contribution in [0.3, 0.4) is 0 Å². The van der Waals surface area contributed by atoms with Gasteiger partial charge in [0.1, 0.15) is 17.5 Å². The van der Waals surface area contributed by atoms with Crippen molar-refractivity contribution >= 4 is 11.9 Å². The molecule has 0 aliphatic rings. The number of benzene rings is 1. The van der Waals surface area contributed by atoms with Gasteiger partial charge in [0.15, 0.2) is 0 Å². The van der Waals surface area contributed by atoms with Gasteiger partial charge in [0.25, 0.3) is 5.91 Å². The summed E-state index contributed by atoms with van der Waals surface area (Å²) in [6, 6.07) is 4.11. The Balaban J connectivity index is 2.99. The average molecular weight is 295 g/mol. The zero-order chi connectivity index (χ0) is 16.0. The van der Waals surface area contributed by atoms with E-state index < -0.39 is 17.9 Å². The lowest BCUT2D eigenvalue weighted by atomic mass is 10.0. The summed E-state index contributed by atoms with van der Waals surface area (Å²) in [6.07, 6.45) is 0. The van der Waals surface area contributed by atoms with Gasteiger partial charge in [-0.2, -0.15) is 0 Å². The summed E-state index contributed by atoms with van der Waals surface area (Å²) in [5.74, 6) is 0.0377. The molecule has 0 saturated heterocycles. The molecule has 0 saturated carbocycles. The zero-order valence-electron chi connectivity index (χ0n) is 12.9. The number of methoxy groups -OCH3 is 3. The molecule has 21 heavy (non-hydrogen) atoms. The molecule has 0 aromatic heterocycles. The van der Waals surface area contributed by atoms with Crippen LogP contribution in [0.5, 0.6) is 11.5 Å². The molecule has 0 fully saturated rings. The van der Waals surface area contributed by atoms with E-state index in [2.05, 4.69) is 5.32 Å². The quantitative estimate of drug-likeness (QED) is 0.807. The topological polar surface area (TPSA) is 73.9 Å². The standard InChI is InChI=1S/C15H21NO5/c1-9(2)13(15(18)21-5)16-14(17)10-6-11(19-3)8-12(7-10)20-4/h6-9,13H,1-5H3,(H,16,17)/t13-/m1/s1. The van der Waals surface area contributed by atoms with Crippen LogP contribution in [0.2, 0.25) is 0 Å². The van der Waals surface area contributed by atoms with E-state index in [1.165, 1.54) is 21.3 Å². The number of nitrogens with one attached hydrogen (secondary N) is 1. The Kier molecular flexibility index (Phi) is 6.02. The summed E-state index contributed by atoms with van der Waals surface area (Å²) in [5, 5.41) is 2.66. The van der Waals surface area contributed by atoms with Gasteiger partial charge in [-0.15, -0.1) is 0 Å². The van der Waals surface area contributed by atoms with Gasteiger partial charge in [-0.1, -0.05) is 13.8 Å². The summed E-state index contributed by atoms with van der Waals surface area (Å²) >= 11 is 0. The molecule has 0 spiro atoms. The van der Waals surface area contributed by atoms with E-state index in [0.717, 1.165) is 0 Å². The van der Waals surface area contributed by atoms with E-state index in [4.69, 9.17) is 14.2 Å². The molecule has 1 amide bonds. The molecule has 0 aliphatic heterocycles. The number of rotatable bonds is 6. The van der Waals surface area contributed by atoms with Crippen LogP contribution < -0.4 is 14.8 Å². The van der Waals surface area contributed by atoms with Crippen LogP contribution in [-0.2, 0) is 9.53 Å². The van der Waals surface area contributed by atoms with Gasteiger partial charge in [-0.25, -0.2) is 4.79 Å². The van der Waals surface area contributed by atoms with Crippen molar-refractivity contribution in [2.24, 2.45) is 5.92 Å². The van der Waals surface area contributed by atoms with Crippen LogP contribution in [0, 0.1) is 5.92 Å². The van der Waals surface area contributed by atoms with Crippen molar-refractivity contribution in [2.75, 3.05) is 21.3 Å². The van der Waals surface area contributed by atoms with Gasteiger partial charge in [0.2, 0.25) is 0 Å². The highest BCUT2D eigenvalue weighted by Crippen LogP contribution is 2.22. The fraction of sp³-hybridized carbons (Fsp3) is 0.467. The minimum Gasteiger partial charge on any atom is -0.497 e. The van der Waals surface area contributed by atoms with Crippen LogP contribution in [0.4, 0.5) is 0 Å². The predicted octanol–water partition coefficient (Wildman–Crippen LogP) is 1.63. The maximum Gasteiger partial charge on any atom is 0.328 e. The third-order valence-electron chi connectivity index (χ3n) is 3.02. The summed E-state index contributed by atoms with van der Waals surface area (Å²) in [7, 11) is 4.29. The van der Waals surface area contributed by atoms with Crippen molar-refractivity contribution in [3.8, 4) is 11.5 Å². The van der Waals surface area contributed by atoms with Gasteiger partial charge in [-0.3, -0.25) is 4.79 Å².